The van der Waals surface area contributed by atoms with Crippen molar-refractivity contribution in [1.29, 1.82) is 0 Å². The van der Waals surface area contributed by atoms with Crippen LogP contribution in [0.4, 0.5) is 0 Å². The molecule has 1 saturated heterocycles. The third-order valence-electron chi connectivity index (χ3n) is 4.05. The average molecular weight is 285 g/mol. The highest BCUT2D eigenvalue weighted by Crippen LogP contribution is 2.13. The maximum Gasteiger partial charge on any atom is 0.239 e. The summed E-state index contributed by atoms with van der Waals surface area (Å²) < 4.78 is 5.15. The Morgan fingerprint density at radius 2 is 1.90 bits per heavy atom. The lowest BCUT2D eigenvalue weighted by molar-refractivity contribution is -0.136. The Morgan fingerprint density at radius 1 is 1.25 bits per heavy atom. The smallest absolute Gasteiger partial charge is 0.239 e. The van der Waals surface area contributed by atoms with Crippen molar-refractivity contribution in [3.05, 3.63) is 0 Å². The van der Waals surface area contributed by atoms with E-state index in [1.165, 1.54) is 12.8 Å². The van der Waals surface area contributed by atoms with Gasteiger partial charge in [-0.05, 0) is 32.7 Å². The summed E-state index contributed by atoms with van der Waals surface area (Å²) in [6, 6.07) is -0.0743. The summed E-state index contributed by atoms with van der Waals surface area (Å²) in [5, 5.41) is 0. The van der Waals surface area contributed by atoms with Gasteiger partial charge in [-0.3, -0.25) is 9.69 Å². The molecule has 0 aromatic rings. The van der Waals surface area contributed by atoms with Crippen molar-refractivity contribution in [2.24, 2.45) is 5.73 Å². The highest BCUT2D eigenvalue weighted by molar-refractivity contribution is 5.81. The van der Waals surface area contributed by atoms with E-state index in [9.17, 15) is 4.79 Å². The van der Waals surface area contributed by atoms with Gasteiger partial charge < -0.3 is 15.4 Å². The number of hydrogen-bond acceptors (Lipinski definition) is 4. The maximum atomic E-state index is 12.6. The van der Waals surface area contributed by atoms with Gasteiger partial charge in [0.2, 0.25) is 5.91 Å². The zero-order valence-corrected chi connectivity index (χ0v) is 13.1. The number of carbonyl (C=O) groups is 1. The molecule has 118 valence electrons. The molecule has 1 aliphatic rings. The minimum absolute atomic E-state index is 0.0743. The van der Waals surface area contributed by atoms with Crippen molar-refractivity contribution in [1.82, 2.24) is 9.80 Å². The van der Waals surface area contributed by atoms with Gasteiger partial charge in [0.25, 0.3) is 0 Å². The lowest BCUT2D eigenvalue weighted by Gasteiger charge is -2.32. The van der Waals surface area contributed by atoms with Crippen LogP contribution in [0.25, 0.3) is 0 Å². The van der Waals surface area contributed by atoms with E-state index in [0.29, 0.717) is 13.2 Å². The molecule has 0 spiro atoms. The molecule has 5 heteroatoms. The SMILES string of the molecule is COCCN(CCCN)C(C)C(=O)N1CCCCCC1. The maximum absolute atomic E-state index is 12.6. The molecular formula is C15H31N3O2. The van der Waals surface area contributed by atoms with Gasteiger partial charge in [0, 0.05) is 33.3 Å². The van der Waals surface area contributed by atoms with Gasteiger partial charge in [-0.2, -0.15) is 0 Å². The predicted octanol–water partition coefficient (Wildman–Crippen LogP) is 1.07. The molecular weight excluding hydrogens is 254 g/mol. The minimum Gasteiger partial charge on any atom is -0.383 e. The molecule has 0 saturated carbocycles. The van der Waals surface area contributed by atoms with E-state index in [1.807, 2.05) is 11.8 Å². The highest BCUT2D eigenvalue weighted by Gasteiger charge is 2.25. The Morgan fingerprint density at radius 3 is 2.45 bits per heavy atom. The summed E-state index contributed by atoms with van der Waals surface area (Å²) in [6.07, 6.45) is 5.69. The second-order valence-electron chi connectivity index (χ2n) is 5.59. The van der Waals surface area contributed by atoms with Crippen LogP contribution in [0.2, 0.25) is 0 Å². The number of likely N-dealkylation sites (tertiary alicyclic amines) is 1. The summed E-state index contributed by atoms with van der Waals surface area (Å²) in [5.74, 6) is 0.264. The molecule has 1 atom stereocenters. The van der Waals surface area contributed by atoms with E-state index in [0.717, 1.165) is 45.4 Å². The van der Waals surface area contributed by atoms with Crippen molar-refractivity contribution in [2.75, 3.05) is 46.4 Å². The predicted molar refractivity (Wildman–Crippen MR) is 81.6 cm³/mol. The Kier molecular flexibility index (Phi) is 8.82. The largest absolute Gasteiger partial charge is 0.383 e. The van der Waals surface area contributed by atoms with Crippen LogP contribution in [-0.4, -0.2) is 68.2 Å². The van der Waals surface area contributed by atoms with Crippen LogP contribution in [0.1, 0.15) is 39.0 Å². The topological polar surface area (TPSA) is 58.8 Å². The molecule has 20 heavy (non-hydrogen) atoms. The lowest BCUT2D eigenvalue weighted by Crippen LogP contribution is -2.49. The first-order chi connectivity index (χ1) is 9.70. The number of rotatable bonds is 8. The number of carbonyl (C=O) groups excluding carboxylic acids is 1. The van der Waals surface area contributed by atoms with E-state index in [2.05, 4.69) is 4.90 Å². The quantitative estimate of drug-likeness (QED) is 0.725. The lowest BCUT2D eigenvalue weighted by atomic mass is 10.2. The van der Waals surface area contributed by atoms with Gasteiger partial charge in [-0.15, -0.1) is 0 Å². The Bertz CT molecular complexity index is 258. The zero-order valence-electron chi connectivity index (χ0n) is 13.1. The van der Waals surface area contributed by atoms with Gasteiger partial charge in [0.05, 0.1) is 12.6 Å². The van der Waals surface area contributed by atoms with E-state index in [4.69, 9.17) is 10.5 Å². The van der Waals surface area contributed by atoms with Gasteiger partial charge in [0.1, 0.15) is 0 Å². The number of ether oxygens (including phenoxy) is 1. The molecule has 1 heterocycles. The monoisotopic (exact) mass is 285 g/mol. The van der Waals surface area contributed by atoms with Crippen molar-refractivity contribution in [2.45, 2.75) is 45.1 Å². The first-order valence-corrected chi connectivity index (χ1v) is 7.92. The van der Waals surface area contributed by atoms with Crippen LogP contribution in [0.3, 0.4) is 0 Å². The standard InChI is InChI=1S/C15H31N3O2/c1-14(17(11-7-8-16)12-13-20-2)15(19)18-9-5-3-4-6-10-18/h14H,3-13,16H2,1-2H3. The average Bonchev–Trinajstić information content (AvgIpc) is 2.75. The summed E-state index contributed by atoms with van der Waals surface area (Å²) in [7, 11) is 1.70. The second-order valence-corrected chi connectivity index (χ2v) is 5.59. The Hall–Kier alpha value is -0.650. The van der Waals surface area contributed by atoms with Crippen LogP contribution >= 0.6 is 0 Å². The molecule has 0 aliphatic carbocycles. The third-order valence-corrected chi connectivity index (χ3v) is 4.05. The zero-order chi connectivity index (χ0) is 14.8. The fourth-order valence-electron chi connectivity index (χ4n) is 2.71. The normalized spacial score (nSPS) is 18.1. The molecule has 1 unspecified atom stereocenters. The van der Waals surface area contributed by atoms with E-state index in [-0.39, 0.29) is 11.9 Å². The fourth-order valence-corrected chi connectivity index (χ4v) is 2.71. The summed E-state index contributed by atoms with van der Waals surface area (Å²) >= 11 is 0. The number of methoxy groups -OCH3 is 1. The third kappa shape index (κ3) is 5.77. The number of amides is 1. The first-order valence-electron chi connectivity index (χ1n) is 7.92. The summed E-state index contributed by atoms with van der Waals surface area (Å²) in [4.78, 5) is 16.9. The van der Waals surface area contributed by atoms with Gasteiger partial charge in [0.15, 0.2) is 0 Å². The highest BCUT2D eigenvalue weighted by atomic mass is 16.5. The van der Waals surface area contributed by atoms with Crippen molar-refractivity contribution < 1.29 is 9.53 Å². The number of nitrogens with two attached hydrogens (primary N) is 1. The molecule has 1 amide bonds. The molecule has 0 aromatic heterocycles. The number of hydrogen-bond donors (Lipinski definition) is 1. The van der Waals surface area contributed by atoms with Gasteiger partial charge in [-0.25, -0.2) is 0 Å². The van der Waals surface area contributed by atoms with Crippen molar-refractivity contribution >= 4 is 5.91 Å². The molecule has 1 fully saturated rings. The van der Waals surface area contributed by atoms with Crippen LogP contribution in [0.5, 0.6) is 0 Å². The van der Waals surface area contributed by atoms with Crippen LogP contribution in [0.15, 0.2) is 0 Å². The van der Waals surface area contributed by atoms with E-state index >= 15 is 0 Å². The summed E-state index contributed by atoms with van der Waals surface area (Å²) in [6.45, 7) is 6.81. The first kappa shape index (κ1) is 17.4. The van der Waals surface area contributed by atoms with E-state index < -0.39 is 0 Å². The van der Waals surface area contributed by atoms with Gasteiger partial charge in [-0.1, -0.05) is 12.8 Å². The Labute approximate surface area is 123 Å². The molecule has 1 aliphatic heterocycles. The summed E-state index contributed by atoms with van der Waals surface area (Å²) in [5.41, 5.74) is 5.59. The molecule has 5 nitrogen and oxygen atoms in total. The molecule has 2 N–H and O–H groups in total. The van der Waals surface area contributed by atoms with Crippen molar-refractivity contribution in [3.8, 4) is 0 Å². The van der Waals surface area contributed by atoms with Crippen LogP contribution in [0, 0.1) is 0 Å². The Balaban J connectivity index is 2.55. The van der Waals surface area contributed by atoms with Crippen LogP contribution in [-0.2, 0) is 9.53 Å². The minimum atomic E-state index is -0.0743. The molecule has 1 rings (SSSR count). The fraction of sp³-hybridized carbons (Fsp3) is 0.933. The second kappa shape index (κ2) is 10.1. The van der Waals surface area contributed by atoms with E-state index in [1.54, 1.807) is 7.11 Å². The van der Waals surface area contributed by atoms with Crippen molar-refractivity contribution in [3.63, 3.8) is 0 Å². The molecule has 0 radical (unpaired) electrons. The van der Waals surface area contributed by atoms with Crippen LogP contribution < -0.4 is 5.73 Å². The van der Waals surface area contributed by atoms with Gasteiger partial charge >= 0.3 is 0 Å². The number of nitrogens with zero attached hydrogens (tertiary/aromatic N) is 2. The molecule has 0 bridgehead atoms. The molecule has 0 aromatic carbocycles.